The van der Waals surface area contributed by atoms with Gasteiger partial charge in [0.2, 0.25) is 5.88 Å². The summed E-state index contributed by atoms with van der Waals surface area (Å²) in [6.07, 6.45) is 5.54. The van der Waals surface area contributed by atoms with Crippen LogP contribution >= 0.6 is 0 Å². The molecule has 3 aromatic rings. The van der Waals surface area contributed by atoms with Gasteiger partial charge in [-0.1, -0.05) is 0 Å². The first-order chi connectivity index (χ1) is 13.1. The number of anilines is 1. The molecule has 3 aromatic heterocycles. The Hall–Kier alpha value is -2.74. The van der Waals surface area contributed by atoms with E-state index >= 15 is 0 Å². The third-order valence-electron chi connectivity index (χ3n) is 5.45. The predicted molar refractivity (Wildman–Crippen MR) is 103 cm³/mol. The van der Waals surface area contributed by atoms with Crippen molar-refractivity contribution in [2.24, 2.45) is 0 Å². The van der Waals surface area contributed by atoms with Crippen LogP contribution in [0.2, 0.25) is 0 Å². The lowest BCUT2D eigenvalue weighted by molar-refractivity contribution is 0.192. The van der Waals surface area contributed by atoms with Gasteiger partial charge >= 0.3 is 0 Å². The zero-order valence-corrected chi connectivity index (χ0v) is 15.6. The van der Waals surface area contributed by atoms with E-state index in [1.54, 1.807) is 12.5 Å². The first-order valence-corrected chi connectivity index (χ1v) is 9.39. The number of hydrogen-bond donors (Lipinski definition) is 1. The number of hydrogen-bond acceptors (Lipinski definition) is 7. The van der Waals surface area contributed by atoms with Crippen molar-refractivity contribution in [3.05, 3.63) is 24.7 Å². The number of H-pyrrole nitrogens is 1. The molecule has 2 fully saturated rings. The molecule has 2 aliphatic rings. The number of nitrogens with one attached hydrogen (secondary N) is 1. The summed E-state index contributed by atoms with van der Waals surface area (Å²) >= 11 is 0. The predicted octanol–water partition coefficient (Wildman–Crippen LogP) is 2.10. The fraction of sp³-hybridized carbons (Fsp3) is 0.474. The molecule has 4 heterocycles. The lowest BCUT2D eigenvalue weighted by Crippen LogP contribution is -2.44. The van der Waals surface area contributed by atoms with Gasteiger partial charge in [0.1, 0.15) is 23.4 Å². The Morgan fingerprint density at radius 3 is 2.67 bits per heavy atom. The highest BCUT2D eigenvalue weighted by atomic mass is 16.5. The van der Waals surface area contributed by atoms with Crippen molar-refractivity contribution in [2.45, 2.75) is 25.4 Å². The maximum Gasteiger partial charge on any atom is 0.214 e. The average molecular weight is 365 g/mol. The summed E-state index contributed by atoms with van der Waals surface area (Å²) in [5.74, 6) is 1.58. The van der Waals surface area contributed by atoms with Gasteiger partial charge in [-0.3, -0.25) is 5.10 Å². The molecule has 1 saturated carbocycles. The van der Waals surface area contributed by atoms with Gasteiger partial charge in [0, 0.05) is 43.7 Å². The van der Waals surface area contributed by atoms with Crippen LogP contribution in [0.4, 0.5) is 5.82 Å². The van der Waals surface area contributed by atoms with Crippen molar-refractivity contribution >= 4 is 16.7 Å². The highest BCUT2D eigenvalue weighted by Gasteiger charge is 2.40. The minimum absolute atomic E-state index is 0.0614. The second-order valence-electron chi connectivity index (χ2n) is 7.74. The van der Waals surface area contributed by atoms with Crippen molar-refractivity contribution in [3.63, 3.8) is 0 Å². The Labute approximate surface area is 157 Å². The molecule has 1 saturated heterocycles. The van der Waals surface area contributed by atoms with Gasteiger partial charge in [0.25, 0.3) is 0 Å². The van der Waals surface area contributed by atoms with E-state index in [1.165, 1.54) is 0 Å². The number of pyridine rings is 1. The summed E-state index contributed by atoms with van der Waals surface area (Å²) in [5.41, 5.74) is 2.42. The Balaban J connectivity index is 1.47. The van der Waals surface area contributed by atoms with Crippen LogP contribution in [0, 0.1) is 0 Å². The number of piperazine rings is 1. The Morgan fingerprint density at radius 2 is 1.89 bits per heavy atom. The normalized spacial score (nSPS) is 19.4. The molecule has 1 aliphatic heterocycles. The quantitative estimate of drug-likeness (QED) is 0.758. The van der Waals surface area contributed by atoms with Crippen LogP contribution in [-0.4, -0.2) is 68.9 Å². The minimum atomic E-state index is -0.0614. The van der Waals surface area contributed by atoms with Gasteiger partial charge in [-0.25, -0.2) is 15.0 Å². The van der Waals surface area contributed by atoms with E-state index in [1.807, 2.05) is 12.1 Å². The van der Waals surface area contributed by atoms with Crippen molar-refractivity contribution in [3.8, 4) is 17.3 Å². The van der Waals surface area contributed by atoms with E-state index < -0.39 is 0 Å². The van der Waals surface area contributed by atoms with E-state index in [4.69, 9.17) is 4.74 Å². The topological polar surface area (TPSA) is 83.1 Å². The monoisotopic (exact) mass is 365 g/mol. The summed E-state index contributed by atoms with van der Waals surface area (Å²) in [6.45, 7) is 6.12. The number of ether oxygens (including phenoxy) is 1. The lowest BCUT2D eigenvalue weighted by Gasteiger charge is -2.33. The second kappa shape index (κ2) is 6.16. The summed E-state index contributed by atoms with van der Waals surface area (Å²) < 4.78 is 6.01. The summed E-state index contributed by atoms with van der Waals surface area (Å²) in [6, 6.07) is 3.97. The molecule has 8 heteroatoms. The van der Waals surface area contributed by atoms with Crippen LogP contribution in [0.15, 0.2) is 24.7 Å². The Bertz CT molecular complexity index is 973. The first kappa shape index (κ1) is 16.4. The molecule has 5 rings (SSSR count). The molecule has 0 amide bonds. The van der Waals surface area contributed by atoms with E-state index in [0.717, 1.165) is 67.1 Å². The first-order valence-electron chi connectivity index (χ1n) is 9.39. The Morgan fingerprint density at radius 1 is 1.07 bits per heavy atom. The van der Waals surface area contributed by atoms with E-state index in [0.29, 0.717) is 5.88 Å². The van der Waals surface area contributed by atoms with Gasteiger partial charge in [0.05, 0.1) is 17.4 Å². The smallest absolute Gasteiger partial charge is 0.214 e. The fourth-order valence-electron chi connectivity index (χ4n) is 3.36. The van der Waals surface area contributed by atoms with Crippen LogP contribution in [0.25, 0.3) is 22.3 Å². The second-order valence-corrected chi connectivity index (χ2v) is 7.74. The molecule has 1 N–H and O–H groups in total. The summed E-state index contributed by atoms with van der Waals surface area (Å²) in [4.78, 5) is 18.0. The Kier molecular flexibility index (Phi) is 3.75. The van der Waals surface area contributed by atoms with E-state index in [-0.39, 0.29) is 5.60 Å². The van der Waals surface area contributed by atoms with Crippen molar-refractivity contribution < 1.29 is 4.74 Å². The van der Waals surface area contributed by atoms with Gasteiger partial charge in [-0.05, 0) is 26.8 Å². The molecule has 140 valence electrons. The van der Waals surface area contributed by atoms with Gasteiger partial charge < -0.3 is 14.5 Å². The van der Waals surface area contributed by atoms with Crippen molar-refractivity contribution in [1.82, 2.24) is 30.0 Å². The van der Waals surface area contributed by atoms with E-state index in [9.17, 15) is 0 Å². The molecule has 0 bridgehead atoms. The largest absolute Gasteiger partial charge is 0.471 e. The number of aromatic nitrogens is 5. The highest BCUT2D eigenvalue weighted by Crippen LogP contribution is 2.39. The van der Waals surface area contributed by atoms with Crippen LogP contribution in [-0.2, 0) is 0 Å². The summed E-state index contributed by atoms with van der Waals surface area (Å²) in [5, 5.41) is 8.49. The van der Waals surface area contributed by atoms with Crippen LogP contribution in [0.1, 0.15) is 19.8 Å². The zero-order chi connectivity index (χ0) is 18.4. The third-order valence-corrected chi connectivity index (χ3v) is 5.45. The maximum atomic E-state index is 6.01. The van der Waals surface area contributed by atoms with Crippen LogP contribution in [0.5, 0.6) is 5.88 Å². The van der Waals surface area contributed by atoms with E-state index in [2.05, 4.69) is 48.9 Å². The number of likely N-dealkylation sites (N-methyl/N-ethyl adjacent to an activating group) is 1. The number of aromatic amines is 1. The molecular weight excluding hydrogens is 342 g/mol. The minimum Gasteiger partial charge on any atom is -0.471 e. The maximum absolute atomic E-state index is 6.01. The third kappa shape index (κ3) is 3.21. The van der Waals surface area contributed by atoms with Gasteiger partial charge in [-0.15, -0.1) is 0 Å². The van der Waals surface area contributed by atoms with Gasteiger partial charge in [-0.2, -0.15) is 5.10 Å². The number of rotatable bonds is 4. The molecule has 27 heavy (non-hydrogen) atoms. The molecular formula is C19H23N7O. The summed E-state index contributed by atoms with van der Waals surface area (Å²) in [7, 11) is 2.15. The molecule has 8 nitrogen and oxygen atoms in total. The van der Waals surface area contributed by atoms with Gasteiger partial charge in [0.15, 0.2) is 0 Å². The van der Waals surface area contributed by atoms with Crippen molar-refractivity contribution in [2.75, 3.05) is 38.1 Å². The molecule has 0 atom stereocenters. The molecule has 0 radical (unpaired) electrons. The molecule has 0 unspecified atom stereocenters. The fourth-order valence-corrected chi connectivity index (χ4v) is 3.36. The SMILES string of the molecule is CN1CCN(c2cc(-c3n[nH]c4cnc(OC5(C)CC5)cc34)ncn2)CC1. The zero-order valence-electron chi connectivity index (χ0n) is 15.6. The van der Waals surface area contributed by atoms with Crippen LogP contribution < -0.4 is 9.64 Å². The molecule has 0 spiro atoms. The van der Waals surface area contributed by atoms with Crippen molar-refractivity contribution in [1.29, 1.82) is 0 Å². The number of nitrogens with zero attached hydrogens (tertiary/aromatic N) is 6. The number of fused-ring (bicyclic) bond motifs is 1. The van der Waals surface area contributed by atoms with Crippen LogP contribution in [0.3, 0.4) is 0 Å². The highest BCUT2D eigenvalue weighted by molar-refractivity contribution is 5.92. The molecule has 1 aliphatic carbocycles. The molecule has 0 aromatic carbocycles. The average Bonchev–Trinajstić information content (AvgIpc) is 3.25. The standard InChI is InChI=1S/C19H23N7O/c1-19(3-4-19)27-17-9-13-15(11-20-17)23-24-18(13)14-10-16(22-12-21-14)26-7-5-25(2)6-8-26/h9-12H,3-8H2,1-2H3,(H,23,24). The lowest BCUT2D eigenvalue weighted by atomic mass is 10.2.